The first-order valence-corrected chi connectivity index (χ1v) is 6.37. The fourth-order valence-electron chi connectivity index (χ4n) is 2.73. The summed E-state index contributed by atoms with van der Waals surface area (Å²) in [6, 6.07) is 10.8. The molecular weight excluding hydrogens is 212 g/mol. The third kappa shape index (κ3) is 3.28. The van der Waals surface area contributed by atoms with Crippen molar-refractivity contribution in [2.75, 3.05) is 26.7 Å². The van der Waals surface area contributed by atoms with Gasteiger partial charge in [0, 0.05) is 19.1 Å². The van der Waals surface area contributed by atoms with Crippen molar-refractivity contribution < 1.29 is 5.11 Å². The molecule has 17 heavy (non-hydrogen) atoms. The molecule has 0 aliphatic carbocycles. The Balaban J connectivity index is 1.95. The minimum absolute atomic E-state index is 0.271. The highest BCUT2D eigenvalue weighted by atomic mass is 16.3. The molecule has 3 heteroatoms. The van der Waals surface area contributed by atoms with Crippen LogP contribution in [0.3, 0.4) is 0 Å². The molecule has 1 heterocycles. The Kier molecular flexibility index (Phi) is 4.54. The molecule has 0 aromatic heterocycles. The lowest BCUT2D eigenvalue weighted by molar-refractivity contribution is 0.153. The number of likely N-dealkylation sites (tertiary alicyclic amines) is 1. The number of nitrogens with zero attached hydrogens (tertiary/aromatic N) is 1. The zero-order chi connectivity index (χ0) is 12.1. The van der Waals surface area contributed by atoms with Crippen LogP contribution >= 0.6 is 0 Å². The number of rotatable bonds is 5. The second-order valence-corrected chi connectivity index (χ2v) is 4.91. The Hall–Kier alpha value is -0.900. The van der Waals surface area contributed by atoms with E-state index in [1.807, 2.05) is 13.1 Å². The van der Waals surface area contributed by atoms with Gasteiger partial charge in [0.05, 0.1) is 6.61 Å². The van der Waals surface area contributed by atoms with Gasteiger partial charge in [-0.1, -0.05) is 30.3 Å². The lowest BCUT2D eigenvalue weighted by atomic mass is 10.1. The summed E-state index contributed by atoms with van der Waals surface area (Å²) in [6.07, 6.45) is 1.10. The molecule has 0 saturated carbocycles. The van der Waals surface area contributed by atoms with Crippen molar-refractivity contribution in [1.82, 2.24) is 10.2 Å². The van der Waals surface area contributed by atoms with Crippen molar-refractivity contribution >= 4 is 0 Å². The van der Waals surface area contributed by atoms with E-state index in [9.17, 15) is 5.11 Å². The first-order valence-electron chi connectivity index (χ1n) is 6.37. The van der Waals surface area contributed by atoms with Crippen molar-refractivity contribution in [3.05, 3.63) is 35.9 Å². The van der Waals surface area contributed by atoms with E-state index in [-0.39, 0.29) is 6.61 Å². The van der Waals surface area contributed by atoms with Gasteiger partial charge in [-0.25, -0.2) is 0 Å². The zero-order valence-electron chi connectivity index (χ0n) is 10.5. The molecule has 1 saturated heterocycles. The summed E-state index contributed by atoms with van der Waals surface area (Å²) in [5.74, 6) is 0.667. The van der Waals surface area contributed by atoms with E-state index in [4.69, 9.17) is 0 Å². The molecule has 0 radical (unpaired) electrons. The molecule has 2 rings (SSSR count). The van der Waals surface area contributed by atoms with Crippen LogP contribution in [0.15, 0.2) is 30.3 Å². The molecule has 1 aromatic rings. The largest absolute Gasteiger partial charge is 0.395 e. The predicted octanol–water partition coefficient (Wildman–Crippen LogP) is 1.09. The molecule has 2 atom stereocenters. The van der Waals surface area contributed by atoms with Crippen molar-refractivity contribution in [3.8, 4) is 0 Å². The van der Waals surface area contributed by atoms with E-state index in [2.05, 4.69) is 34.5 Å². The number of aliphatic hydroxyl groups excluding tert-OH is 1. The number of nitrogens with one attached hydrogen (secondary N) is 1. The maximum absolute atomic E-state index is 9.44. The molecular formula is C14H22N2O. The van der Waals surface area contributed by atoms with Crippen LogP contribution in [0, 0.1) is 5.92 Å². The second kappa shape index (κ2) is 6.15. The molecule has 3 nitrogen and oxygen atoms in total. The fraction of sp³-hybridized carbons (Fsp3) is 0.571. The molecule has 1 aliphatic heterocycles. The van der Waals surface area contributed by atoms with Crippen LogP contribution in [0.4, 0.5) is 0 Å². The summed E-state index contributed by atoms with van der Waals surface area (Å²) >= 11 is 0. The number of hydrogen-bond donors (Lipinski definition) is 2. The maximum atomic E-state index is 9.44. The summed E-state index contributed by atoms with van der Waals surface area (Å²) in [4.78, 5) is 2.40. The smallest absolute Gasteiger partial charge is 0.0587 e. The molecule has 0 unspecified atom stereocenters. The molecule has 2 N–H and O–H groups in total. The van der Waals surface area contributed by atoms with Gasteiger partial charge in [-0.15, -0.1) is 0 Å². The Morgan fingerprint density at radius 1 is 1.35 bits per heavy atom. The number of hydrogen-bond acceptors (Lipinski definition) is 3. The number of aliphatic hydroxyl groups is 1. The van der Waals surface area contributed by atoms with Crippen LogP contribution < -0.4 is 5.32 Å². The SMILES string of the molecule is CNC[C@H]1C[C@@H](CO)N(Cc2ccccc2)C1. The molecule has 1 fully saturated rings. The van der Waals surface area contributed by atoms with Crippen molar-refractivity contribution in [2.24, 2.45) is 5.92 Å². The minimum Gasteiger partial charge on any atom is -0.395 e. The molecule has 0 bridgehead atoms. The van der Waals surface area contributed by atoms with E-state index in [0.29, 0.717) is 12.0 Å². The van der Waals surface area contributed by atoms with Gasteiger partial charge in [0.2, 0.25) is 0 Å². The van der Waals surface area contributed by atoms with E-state index >= 15 is 0 Å². The van der Waals surface area contributed by atoms with Crippen LogP contribution in [-0.2, 0) is 6.54 Å². The Bertz CT molecular complexity index is 328. The quantitative estimate of drug-likeness (QED) is 0.800. The maximum Gasteiger partial charge on any atom is 0.0587 e. The topological polar surface area (TPSA) is 35.5 Å². The van der Waals surface area contributed by atoms with Crippen LogP contribution in [0.2, 0.25) is 0 Å². The van der Waals surface area contributed by atoms with Crippen molar-refractivity contribution in [3.63, 3.8) is 0 Å². The molecule has 1 aliphatic rings. The van der Waals surface area contributed by atoms with E-state index < -0.39 is 0 Å². The highest BCUT2D eigenvalue weighted by Gasteiger charge is 2.30. The summed E-state index contributed by atoms with van der Waals surface area (Å²) < 4.78 is 0. The standard InChI is InChI=1S/C14H22N2O/c1-15-8-13-7-14(11-17)16(10-13)9-12-5-3-2-4-6-12/h2-6,13-15,17H,7-11H2,1H3/t13-,14+/m1/s1. The average Bonchev–Trinajstić information content (AvgIpc) is 2.73. The summed E-state index contributed by atoms with van der Waals surface area (Å²) in [6.45, 7) is 3.35. The monoisotopic (exact) mass is 234 g/mol. The van der Waals surface area contributed by atoms with Gasteiger partial charge in [-0.05, 0) is 31.5 Å². The molecule has 1 aromatic carbocycles. The molecule has 94 valence electrons. The van der Waals surface area contributed by atoms with Gasteiger partial charge < -0.3 is 10.4 Å². The molecule has 0 amide bonds. The highest BCUT2D eigenvalue weighted by Crippen LogP contribution is 2.24. The minimum atomic E-state index is 0.271. The predicted molar refractivity (Wildman–Crippen MR) is 69.8 cm³/mol. The second-order valence-electron chi connectivity index (χ2n) is 4.91. The van der Waals surface area contributed by atoms with Crippen molar-refractivity contribution in [1.29, 1.82) is 0 Å². The summed E-state index contributed by atoms with van der Waals surface area (Å²) in [5, 5.41) is 12.7. The van der Waals surface area contributed by atoms with Crippen molar-refractivity contribution in [2.45, 2.75) is 19.0 Å². The van der Waals surface area contributed by atoms with Gasteiger partial charge >= 0.3 is 0 Å². The van der Waals surface area contributed by atoms with Gasteiger partial charge in [-0.2, -0.15) is 0 Å². The lowest BCUT2D eigenvalue weighted by Crippen LogP contribution is -2.31. The van der Waals surface area contributed by atoms with Gasteiger partial charge in [-0.3, -0.25) is 4.90 Å². The first-order chi connectivity index (χ1) is 8.33. The van der Waals surface area contributed by atoms with E-state index in [0.717, 1.165) is 26.1 Å². The summed E-state index contributed by atoms with van der Waals surface area (Å²) in [5.41, 5.74) is 1.33. The number of benzene rings is 1. The normalized spacial score (nSPS) is 25.3. The third-order valence-electron chi connectivity index (χ3n) is 3.55. The van der Waals surface area contributed by atoms with Crippen LogP contribution in [-0.4, -0.2) is 42.8 Å². The van der Waals surface area contributed by atoms with E-state index in [1.54, 1.807) is 0 Å². The lowest BCUT2D eigenvalue weighted by Gasteiger charge is -2.22. The zero-order valence-corrected chi connectivity index (χ0v) is 10.5. The Morgan fingerprint density at radius 2 is 2.12 bits per heavy atom. The average molecular weight is 234 g/mol. The third-order valence-corrected chi connectivity index (χ3v) is 3.55. The van der Waals surface area contributed by atoms with Crippen LogP contribution in [0.1, 0.15) is 12.0 Å². The molecule has 0 spiro atoms. The highest BCUT2D eigenvalue weighted by molar-refractivity contribution is 5.15. The van der Waals surface area contributed by atoms with Crippen LogP contribution in [0.25, 0.3) is 0 Å². The fourth-order valence-corrected chi connectivity index (χ4v) is 2.73. The Labute approximate surface area is 103 Å². The van der Waals surface area contributed by atoms with Gasteiger partial charge in [0.15, 0.2) is 0 Å². The summed E-state index contributed by atoms with van der Waals surface area (Å²) in [7, 11) is 1.99. The van der Waals surface area contributed by atoms with Gasteiger partial charge in [0.1, 0.15) is 0 Å². The Morgan fingerprint density at radius 3 is 2.76 bits per heavy atom. The van der Waals surface area contributed by atoms with E-state index in [1.165, 1.54) is 5.56 Å². The van der Waals surface area contributed by atoms with Crippen LogP contribution in [0.5, 0.6) is 0 Å². The van der Waals surface area contributed by atoms with Gasteiger partial charge in [0.25, 0.3) is 0 Å². The first kappa shape index (κ1) is 12.6.